The summed E-state index contributed by atoms with van der Waals surface area (Å²) in [6, 6.07) is 15.5. The second kappa shape index (κ2) is 10.8. The van der Waals surface area contributed by atoms with E-state index >= 15 is 0 Å². The summed E-state index contributed by atoms with van der Waals surface area (Å²) in [5, 5.41) is 0.247. The van der Waals surface area contributed by atoms with Gasteiger partial charge in [0.2, 0.25) is 0 Å². The Morgan fingerprint density at radius 3 is 2.47 bits per heavy atom. The maximum absolute atomic E-state index is 13.8. The summed E-state index contributed by atoms with van der Waals surface area (Å²) in [5.41, 5.74) is 6.24. The molecule has 3 aromatic rings. The molecule has 8 heteroatoms. The standard InChI is InChI=1S/C30H38N4O3S/c1-6-28-31-18-29(32(28)4)38(35,36)33-16-7-8-17-34-26(19-33)30(27(34)20-37-5)24-14-12-23(13-15-24)25-11-9-10-21(2)22(25)3/h7-15,18,26-27,30H,6,16-17,19-20H2,1-5H3/b8-7-/t26?,27-,30+/m1/s1. The van der Waals surface area contributed by atoms with Crippen LogP contribution in [0.2, 0.25) is 0 Å². The van der Waals surface area contributed by atoms with Crippen LogP contribution in [0.15, 0.2) is 65.8 Å². The van der Waals surface area contributed by atoms with Gasteiger partial charge < -0.3 is 9.30 Å². The molecule has 38 heavy (non-hydrogen) atoms. The number of methoxy groups -OCH3 is 1. The van der Waals surface area contributed by atoms with Crippen LogP contribution in [0.25, 0.3) is 11.1 Å². The molecule has 3 atom stereocenters. The maximum Gasteiger partial charge on any atom is 0.260 e. The number of hydrogen-bond donors (Lipinski definition) is 0. The van der Waals surface area contributed by atoms with Crippen LogP contribution in [-0.4, -0.2) is 72.6 Å². The maximum atomic E-state index is 13.8. The lowest BCUT2D eigenvalue weighted by Gasteiger charge is -2.56. The lowest BCUT2D eigenvalue weighted by molar-refractivity contribution is -0.0508. The van der Waals surface area contributed by atoms with Crippen molar-refractivity contribution in [1.29, 1.82) is 0 Å². The largest absolute Gasteiger partial charge is 0.383 e. The summed E-state index contributed by atoms with van der Waals surface area (Å²) in [6.07, 6.45) is 6.21. The first-order valence-corrected chi connectivity index (χ1v) is 14.8. The Balaban J connectivity index is 1.46. The number of imidazole rings is 1. The molecule has 1 saturated heterocycles. The van der Waals surface area contributed by atoms with Gasteiger partial charge in [-0.15, -0.1) is 0 Å². The van der Waals surface area contributed by atoms with E-state index in [0.717, 1.165) is 12.4 Å². The van der Waals surface area contributed by atoms with Crippen LogP contribution in [0, 0.1) is 13.8 Å². The van der Waals surface area contributed by atoms with Gasteiger partial charge in [0.1, 0.15) is 5.82 Å². The Kier molecular flexibility index (Phi) is 7.60. The van der Waals surface area contributed by atoms with Crippen molar-refractivity contribution in [3.05, 3.63) is 83.3 Å². The van der Waals surface area contributed by atoms with E-state index in [4.69, 9.17) is 4.74 Å². The number of aryl methyl sites for hydroxylation is 2. The normalized spacial score (nSPS) is 23.3. The zero-order valence-electron chi connectivity index (χ0n) is 23.0. The van der Waals surface area contributed by atoms with Gasteiger partial charge in [0, 0.05) is 58.2 Å². The second-order valence-corrected chi connectivity index (χ2v) is 12.3. The van der Waals surface area contributed by atoms with Gasteiger partial charge >= 0.3 is 0 Å². The molecule has 1 fully saturated rings. The number of benzene rings is 2. The highest BCUT2D eigenvalue weighted by Gasteiger charge is 2.50. The topological polar surface area (TPSA) is 67.7 Å². The number of sulfonamides is 1. The monoisotopic (exact) mass is 534 g/mol. The summed E-state index contributed by atoms with van der Waals surface area (Å²) >= 11 is 0. The lowest BCUT2D eigenvalue weighted by atomic mass is 9.74. The third-order valence-corrected chi connectivity index (χ3v) is 10.3. The van der Waals surface area contributed by atoms with Gasteiger partial charge in [-0.3, -0.25) is 4.90 Å². The molecular formula is C30H38N4O3S. The van der Waals surface area contributed by atoms with Crippen LogP contribution in [0.4, 0.5) is 0 Å². The number of ether oxygens (including phenoxy) is 1. The number of fused-ring (bicyclic) bond motifs is 1. The first-order chi connectivity index (χ1) is 18.3. The Morgan fingerprint density at radius 2 is 1.79 bits per heavy atom. The fourth-order valence-electron chi connectivity index (χ4n) is 6.06. The van der Waals surface area contributed by atoms with Crippen molar-refractivity contribution in [2.75, 3.05) is 33.4 Å². The molecule has 0 amide bonds. The first kappa shape index (κ1) is 26.8. The van der Waals surface area contributed by atoms with Gasteiger partial charge in [0.15, 0.2) is 5.03 Å². The fraction of sp³-hybridized carbons (Fsp3) is 0.433. The van der Waals surface area contributed by atoms with Crippen molar-refractivity contribution in [1.82, 2.24) is 18.8 Å². The summed E-state index contributed by atoms with van der Waals surface area (Å²) < 4.78 is 36.5. The van der Waals surface area contributed by atoms with Gasteiger partial charge in [-0.05, 0) is 41.7 Å². The van der Waals surface area contributed by atoms with Gasteiger partial charge in [-0.2, -0.15) is 4.31 Å². The molecule has 0 N–H and O–H groups in total. The lowest BCUT2D eigenvalue weighted by Crippen LogP contribution is -2.67. The van der Waals surface area contributed by atoms with E-state index in [1.165, 1.54) is 34.0 Å². The predicted molar refractivity (Wildman–Crippen MR) is 151 cm³/mol. The molecule has 2 aliphatic heterocycles. The molecular weight excluding hydrogens is 496 g/mol. The highest BCUT2D eigenvalue weighted by Crippen LogP contribution is 2.43. The van der Waals surface area contributed by atoms with Gasteiger partial charge in [-0.25, -0.2) is 13.4 Å². The highest BCUT2D eigenvalue weighted by atomic mass is 32.2. The quantitative estimate of drug-likeness (QED) is 0.423. The minimum atomic E-state index is -3.71. The molecule has 7 nitrogen and oxygen atoms in total. The van der Waals surface area contributed by atoms with E-state index < -0.39 is 10.0 Å². The Morgan fingerprint density at radius 1 is 1.05 bits per heavy atom. The SMILES string of the molecule is CCc1ncc(S(=O)(=O)N2C/C=C\CN3C(C2)[C@H](c2ccc(-c4cccc(C)c4C)cc2)[C@H]3COC)n1C. The first-order valence-electron chi connectivity index (χ1n) is 13.3. The van der Waals surface area contributed by atoms with E-state index in [-0.39, 0.29) is 23.0 Å². The molecule has 2 aliphatic rings. The number of rotatable bonds is 7. The minimum Gasteiger partial charge on any atom is -0.383 e. The molecule has 0 saturated carbocycles. The second-order valence-electron chi connectivity index (χ2n) is 10.4. The van der Waals surface area contributed by atoms with Crippen molar-refractivity contribution in [2.45, 2.75) is 50.2 Å². The molecule has 3 heterocycles. The van der Waals surface area contributed by atoms with Gasteiger partial charge in [-0.1, -0.05) is 61.5 Å². The van der Waals surface area contributed by atoms with E-state index in [2.05, 4.69) is 72.3 Å². The predicted octanol–water partition coefficient (Wildman–Crippen LogP) is 4.31. The van der Waals surface area contributed by atoms with E-state index in [9.17, 15) is 8.42 Å². The molecule has 0 radical (unpaired) electrons. The van der Waals surface area contributed by atoms with Crippen molar-refractivity contribution < 1.29 is 13.2 Å². The zero-order chi connectivity index (χ0) is 27.0. The number of aromatic nitrogens is 2. The van der Waals surface area contributed by atoms with Gasteiger partial charge in [0.25, 0.3) is 10.0 Å². The Bertz CT molecular complexity index is 1430. The van der Waals surface area contributed by atoms with E-state index in [1.54, 1.807) is 23.0 Å². The summed E-state index contributed by atoms with van der Waals surface area (Å²) in [5.74, 6) is 0.933. The third kappa shape index (κ3) is 4.64. The van der Waals surface area contributed by atoms with Crippen LogP contribution in [0.3, 0.4) is 0 Å². The Hall–Kier alpha value is -2.78. The van der Waals surface area contributed by atoms with Crippen LogP contribution in [-0.2, 0) is 28.2 Å². The van der Waals surface area contributed by atoms with Gasteiger partial charge in [0.05, 0.1) is 12.8 Å². The molecule has 2 aromatic carbocycles. The number of nitrogens with zero attached hydrogens (tertiary/aromatic N) is 4. The molecule has 0 bridgehead atoms. The van der Waals surface area contributed by atoms with Crippen molar-refractivity contribution in [3.8, 4) is 11.1 Å². The van der Waals surface area contributed by atoms with Crippen molar-refractivity contribution >= 4 is 10.0 Å². The van der Waals surface area contributed by atoms with E-state index in [1.807, 2.05) is 13.0 Å². The minimum absolute atomic E-state index is 0.0558. The summed E-state index contributed by atoms with van der Waals surface area (Å²) in [7, 11) is -0.191. The summed E-state index contributed by atoms with van der Waals surface area (Å²) in [6.45, 7) is 8.45. The third-order valence-electron chi connectivity index (χ3n) is 8.37. The molecule has 0 spiro atoms. The average Bonchev–Trinajstić information content (AvgIpc) is 3.28. The molecule has 202 valence electrons. The molecule has 5 rings (SSSR count). The van der Waals surface area contributed by atoms with E-state index in [0.29, 0.717) is 26.1 Å². The van der Waals surface area contributed by atoms with Crippen molar-refractivity contribution in [3.63, 3.8) is 0 Å². The molecule has 0 aliphatic carbocycles. The van der Waals surface area contributed by atoms with Crippen molar-refractivity contribution in [2.24, 2.45) is 7.05 Å². The molecule has 1 aromatic heterocycles. The van der Waals surface area contributed by atoms with Crippen LogP contribution >= 0.6 is 0 Å². The fourth-order valence-corrected chi connectivity index (χ4v) is 7.60. The zero-order valence-corrected chi connectivity index (χ0v) is 23.8. The van der Waals surface area contributed by atoms with Crippen LogP contribution < -0.4 is 0 Å². The van der Waals surface area contributed by atoms with Crippen LogP contribution in [0.1, 0.15) is 35.4 Å². The molecule has 1 unspecified atom stereocenters. The average molecular weight is 535 g/mol. The highest BCUT2D eigenvalue weighted by molar-refractivity contribution is 7.89. The Labute approximate surface area is 226 Å². The van der Waals surface area contributed by atoms with Crippen LogP contribution in [0.5, 0.6) is 0 Å². The smallest absolute Gasteiger partial charge is 0.260 e. The summed E-state index contributed by atoms with van der Waals surface area (Å²) in [4.78, 5) is 6.72. The number of hydrogen-bond acceptors (Lipinski definition) is 5.